The average Bonchev–Trinajstić information content (AvgIpc) is 3.09. The molecular weight excluding hydrogens is 350 g/mol. The topological polar surface area (TPSA) is 62.0 Å². The van der Waals surface area contributed by atoms with Crippen molar-refractivity contribution in [2.24, 2.45) is 5.92 Å². The SMILES string of the molecule is O=C(CC1CCNCC1)c1cc(C(=O)c2c(F)ccc(F)c2Cl)c[nH]1. The van der Waals surface area contributed by atoms with E-state index in [0.717, 1.165) is 38.1 Å². The van der Waals surface area contributed by atoms with Gasteiger partial charge in [-0.05, 0) is 50.0 Å². The van der Waals surface area contributed by atoms with E-state index >= 15 is 0 Å². The van der Waals surface area contributed by atoms with E-state index < -0.39 is 28.0 Å². The van der Waals surface area contributed by atoms with Gasteiger partial charge in [-0.25, -0.2) is 8.78 Å². The fourth-order valence-corrected chi connectivity index (χ4v) is 3.26. The second-order valence-corrected chi connectivity index (χ2v) is 6.55. The molecule has 2 aromatic rings. The van der Waals surface area contributed by atoms with Crippen LogP contribution in [0.25, 0.3) is 0 Å². The van der Waals surface area contributed by atoms with Gasteiger partial charge < -0.3 is 10.3 Å². The summed E-state index contributed by atoms with van der Waals surface area (Å²) in [7, 11) is 0. The van der Waals surface area contributed by atoms with E-state index in [1.807, 2.05) is 0 Å². The minimum atomic E-state index is -0.903. The molecule has 0 radical (unpaired) electrons. The van der Waals surface area contributed by atoms with Crippen LogP contribution in [-0.2, 0) is 0 Å². The second-order valence-electron chi connectivity index (χ2n) is 6.17. The second kappa shape index (κ2) is 7.45. The van der Waals surface area contributed by atoms with Gasteiger partial charge >= 0.3 is 0 Å². The van der Waals surface area contributed by atoms with Crippen LogP contribution < -0.4 is 5.32 Å². The van der Waals surface area contributed by atoms with Gasteiger partial charge in [0, 0.05) is 18.2 Å². The number of rotatable bonds is 5. The highest BCUT2D eigenvalue weighted by Gasteiger charge is 2.23. The van der Waals surface area contributed by atoms with E-state index in [0.29, 0.717) is 12.3 Å². The Bertz CT molecular complexity index is 813. The minimum absolute atomic E-state index is 0.0695. The molecule has 1 aromatic heterocycles. The fourth-order valence-electron chi connectivity index (χ4n) is 3.02. The van der Waals surface area contributed by atoms with Crippen LogP contribution in [-0.4, -0.2) is 29.6 Å². The van der Waals surface area contributed by atoms with Gasteiger partial charge in [0.1, 0.15) is 11.6 Å². The molecule has 132 valence electrons. The van der Waals surface area contributed by atoms with E-state index in [9.17, 15) is 18.4 Å². The number of carbonyl (C=O) groups is 2. The predicted molar refractivity (Wildman–Crippen MR) is 90.1 cm³/mol. The number of aromatic amines is 1. The number of H-pyrrole nitrogens is 1. The first kappa shape index (κ1) is 17.8. The third-order valence-electron chi connectivity index (χ3n) is 4.45. The van der Waals surface area contributed by atoms with Crippen LogP contribution in [0.3, 0.4) is 0 Å². The summed E-state index contributed by atoms with van der Waals surface area (Å²) in [6.07, 6.45) is 3.58. The molecule has 0 atom stereocenters. The maximum atomic E-state index is 13.9. The van der Waals surface area contributed by atoms with Crippen LogP contribution in [0.5, 0.6) is 0 Å². The van der Waals surface area contributed by atoms with Crippen LogP contribution in [0.15, 0.2) is 24.4 Å². The monoisotopic (exact) mass is 366 g/mol. The van der Waals surface area contributed by atoms with E-state index in [1.165, 1.54) is 12.3 Å². The number of benzene rings is 1. The van der Waals surface area contributed by atoms with Crippen molar-refractivity contribution in [3.05, 3.63) is 57.9 Å². The Morgan fingerprint density at radius 2 is 1.84 bits per heavy atom. The molecule has 1 aliphatic heterocycles. The highest BCUT2D eigenvalue weighted by atomic mass is 35.5. The Labute approximate surface area is 148 Å². The zero-order valence-electron chi connectivity index (χ0n) is 13.4. The Morgan fingerprint density at radius 1 is 1.16 bits per heavy atom. The first-order chi connectivity index (χ1) is 12.0. The van der Waals surface area contributed by atoms with Crippen LogP contribution in [0.2, 0.25) is 5.02 Å². The van der Waals surface area contributed by atoms with Gasteiger partial charge in [0.2, 0.25) is 0 Å². The molecular formula is C18H17ClF2N2O2. The van der Waals surface area contributed by atoms with Gasteiger partial charge in [-0.2, -0.15) is 0 Å². The summed E-state index contributed by atoms with van der Waals surface area (Å²) in [5.74, 6) is -2.33. The summed E-state index contributed by atoms with van der Waals surface area (Å²) >= 11 is 5.72. The number of ketones is 2. The average molecular weight is 367 g/mol. The van der Waals surface area contributed by atoms with Crippen molar-refractivity contribution in [2.75, 3.05) is 13.1 Å². The van der Waals surface area contributed by atoms with Gasteiger partial charge in [0.15, 0.2) is 11.6 Å². The first-order valence-electron chi connectivity index (χ1n) is 8.08. The number of hydrogen-bond acceptors (Lipinski definition) is 3. The molecule has 4 nitrogen and oxygen atoms in total. The molecule has 0 saturated carbocycles. The molecule has 25 heavy (non-hydrogen) atoms. The van der Waals surface area contributed by atoms with Crippen molar-refractivity contribution >= 4 is 23.2 Å². The molecule has 1 fully saturated rings. The van der Waals surface area contributed by atoms with Gasteiger partial charge in [0.25, 0.3) is 0 Å². The van der Waals surface area contributed by atoms with Gasteiger partial charge in [-0.1, -0.05) is 11.6 Å². The van der Waals surface area contributed by atoms with Crippen LogP contribution in [0.4, 0.5) is 8.78 Å². The standard InChI is InChI=1S/C18H17ClF2N2O2/c19-17-13(21)2-1-12(20)16(17)18(25)11-8-14(23-9-11)15(24)7-10-3-5-22-6-4-10/h1-2,8-10,22-23H,3-7H2. The molecule has 0 unspecified atom stereocenters. The number of aromatic nitrogens is 1. The Kier molecular flexibility index (Phi) is 5.30. The maximum absolute atomic E-state index is 13.9. The number of carbonyl (C=O) groups excluding carboxylic acids is 2. The van der Waals surface area contributed by atoms with Gasteiger partial charge in [-0.3, -0.25) is 9.59 Å². The normalized spacial score (nSPS) is 15.3. The number of Topliss-reactive ketones (excluding diaryl/α,β-unsaturated/α-hetero) is 1. The number of halogens is 3. The van der Waals surface area contributed by atoms with Crippen molar-refractivity contribution in [2.45, 2.75) is 19.3 Å². The summed E-state index contributed by atoms with van der Waals surface area (Å²) in [6, 6.07) is 3.08. The van der Waals surface area contributed by atoms with E-state index in [-0.39, 0.29) is 17.0 Å². The summed E-state index contributed by atoms with van der Waals surface area (Å²) in [5, 5.41) is 2.68. The van der Waals surface area contributed by atoms with E-state index in [1.54, 1.807) is 0 Å². The quantitative estimate of drug-likeness (QED) is 0.625. The highest BCUT2D eigenvalue weighted by molar-refractivity contribution is 6.35. The number of hydrogen-bond donors (Lipinski definition) is 2. The van der Waals surface area contributed by atoms with Crippen molar-refractivity contribution in [3.63, 3.8) is 0 Å². The summed E-state index contributed by atoms with van der Waals surface area (Å²) in [5.41, 5.74) is -0.173. The maximum Gasteiger partial charge on any atom is 0.199 e. The third kappa shape index (κ3) is 3.80. The molecule has 0 spiro atoms. The molecule has 0 bridgehead atoms. The molecule has 1 aliphatic rings. The molecule has 1 saturated heterocycles. The summed E-state index contributed by atoms with van der Waals surface area (Å²) in [6.45, 7) is 1.79. The molecule has 2 N–H and O–H groups in total. The van der Waals surface area contributed by atoms with Crippen LogP contribution >= 0.6 is 11.6 Å². The van der Waals surface area contributed by atoms with Crippen molar-refractivity contribution < 1.29 is 18.4 Å². The van der Waals surface area contributed by atoms with Crippen LogP contribution in [0, 0.1) is 17.6 Å². The Balaban J connectivity index is 1.78. The van der Waals surface area contributed by atoms with Gasteiger partial charge in [0.05, 0.1) is 16.3 Å². The van der Waals surface area contributed by atoms with Crippen molar-refractivity contribution in [1.82, 2.24) is 10.3 Å². The smallest absolute Gasteiger partial charge is 0.199 e. The fraction of sp³-hybridized carbons (Fsp3) is 0.333. The molecule has 2 heterocycles. The minimum Gasteiger partial charge on any atom is -0.358 e. The van der Waals surface area contributed by atoms with Crippen molar-refractivity contribution in [1.29, 1.82) is 0 Å². The van der Waals surface area contributed by atoms with Gasteiger partial charge in [-0.15, -0.1) is 0 Å². The number of nitrogens with one attached hydrogen (secondary N) is 2. The zero-order chi connectivity index (χ0) is 18.0. The lowest BCUT2D eigenvalue weighted by Gasteiger charge is -2.21. The molecule has 3 rings (SSSR count). The molecule has 1 aromatic carbocycles. The lowest BCUT2D eigenvalue weighted by atomic mass is 9.92. The molecule has 7 heteroatoms. The zero-order valence-corrected chi connectivity index (χ0v) is 14.1. The number of piperidine rings is 1. The summed E-state index contributed by atoms with van der Waals surface area (Å²) < 4.78 is 27.4. The first-order valence-corrected chi connectivity index (χ1v) is 8.45. The Hall–Kier alpha value is -2.05. The summed E-state index contributed by atoms with van der Waals surface area (Å²) in [4.78, 5) is 27.5. The lowest BCUT2D eigenvalue weighted by molar-refractivity contribution is 0.0948. The molecule has 0 aliphatic carbocycles. The lowest BCUT2D eigenvalue weighted by Crippen LogP contribution is -2.28. The highest BCUT2D eigenvalue weighted by Crippen LogP contribution is 2.26. The third-order valence-corrected chi connectivity index (χ3v) is 4.82. The Morgan fingerprint density at radius 3 is 2.56 bits per heavy atom. The largest absolute Gasteiger partial charge is 0.358 e. The predicted octanol–water partition coefficient (Wildman–Crippen LogP) is 3.75. The van der Waals surface area contributed by atoms with E-state index in [2.05, 4.69) is 10.3 Å². The van der Waals surface area contributed by atoms with Crippen LogP contribution in [0.1, 0.15) is 45.7 Å². The van der Waals surface area contributed by atoms with E-state index in [4.69, 9.17) is 11.6 Å². The van der Waals surface area contributed by atoms with Crippen molar-refractivity contribution in [3.8, 4) is 0 Å². The molecule has 0 amide bonds.